The van der Waals surface area contributed by atoms with E-state index < -0.39 is 0 Å². The predicted octanol–water partition coefficient (Wildman–Crippen LogP) is 4.28. The molecular weight excluding hydrogens is 356 g/mol. The van der Waals surface area contributed by atoms with Gasteiger partial charge < -0.3 is 9.32 Å². The highest BCUT2D eigenvalue weighted by Gasteiger charge is 2.18. The summed E-state index contributed by atoms with van der Waals surface area (Å²) in [4.78, 5) is 18.7. The molecule has 23 heavy (non-hydrogen) atoms. The summed E-state index contributed by atoms with van der Waals surface area (Å²) in [7, 11) is 0. The quantitative estimate of drug-likeness (QED) is 0.673. The van der Waals surface area contributed by atoms with Crippen molar-refractivity contribution in [3.63, 3.8) is 0 Å². The number of carbonyl (C=O) groups is 1. The van der Waals surface area contributed by atoms with E-state index in [0.29, 0.717) is 18.7 Å². The maximum atomic E-state index is 12.9. The Morgan fingerprint density at radius 1 is 1.09 bits per heavy atom. The van der Waals surface area contributed by atoms with Crippen molar-refractivity contribution in [2.45, 2.75) is 13.1 Å². The highest BCUT2D eigenvalue weighted by molar-refractivity contribution is 9.10. The second kappa shape index (κ2) is 7.24. The Balaban J connectivity index is 1.86. The molecule has 0 spiro atoms. The van der Waals surface area contributed by atoms with Crippen molar-refractivity contribution in [1.29, 1.82) is 0 Å². The number of carbonyl (C=O) groups excluding carboxylic acids is 1. The van der Waals surface area contributed by atoms with Gasteiger partial charge in [-0.1, -0.05) is 30.3 Å². The summed E-state index contributed by atoms with van der Waals surface area (Å²) in [5.74, 6) is 0.663. The Kier molecular flexibility index (Phi) is 4.88. The zero-order chi connectivity index (χ0) is 16.1. The topological polar surface area (TPSA) is 46.3 Å². The number of pyridine rings is 1. The van der Waals surface area contributed by atoms with E-state index in [2.05, 4.69) is 20.9 Å². The molecule has 5 heteroatoms. The van der Waals surface area contributed by atoms with E-state index >= 15 is 0 Å². The molecule has 1 aromatic carbocycles. The van der Waals surface area contributed by atoms with Crippen LogP contribution in [0.1, 0.15) is 21.7 Å². The summed E-state index contributed by atoms with van der Waals surface area (Å²) >= 11 is 3.36. The fourth-order valence-electron chi connectivity index (χ4n) is 2.31. The van der Waals surface area contributed by atoms with Crippen LogP contribution < -0.4 is 0 Å². The van der Waals surface area contributed by atoms with Crippen molar-refractivity contribution in [3.05, 3.63) is 88.5 Å². The normalized spacial score (nSPS) is 10.5. The molecular formula is C18H15BrN2O2. The molecule has 0 aliphatic carbocycles. The fourth-order valence-corrected chi connectivity index (χ4v) is 2.67. The lowest BCUT2D eigenvalue weighted by Crippen LogP contribution is -2.30. The van der Waals surface area contributed by atoms with Gasteiger partial charge in [-0.05, 0) is 39.7 Å². The largest absolute Gasteiger partial charge is 0.467 e. The summed E-state index contributed by atoms with van der Waals surface area (Å²) in [5, 5.41) is 0. The van der Waals surface area contributed by atoms with Gasteiger partial charge in [0.05, 0.1) is 18.4 Å². The van der Waals surface area contributed by atoms with E-state index in [-0.39, 0.29) is 5.91 Å². The van der Waals surface area contributed by atoms with Crippen molar-refractivity contribution in [1.82, 2.24) is 9.88 Å². The first kappa shape index (κ1) is 15.5. The van der Waals surface area contributed by atoms with Crippen LogP contribution in [0, 0.1) is 0 Å². The first-order valence-corrected chi connectivity index (χ1v) is 7.98. The molecule has 0 aliphatic heterocycles. The third kappa shape index (κ3) is 4.07. The van der Waals surface area contributed by atoms with Gasteiger partial charge >= 0.3 is 0 Å². The zero-order valence-electron chi connectivity index (χ0n) is 12.4. The van der Waals surface area contributed by atoms with Crippen LogP contribution in [-0.2, 0) is 13.1 Å². The van der Waals surface area contributed by atoms with E-state index in [0.717, 1.165) is 15.8 Å². The number of amides is 1. The second-order valence-corrected chi connectivity index (χ2v) is 6.03. The van der Waals surface area contributed by atoms with Crippen LogP contribution >= 0.6 is 15.9 Å². The first-order valence-electron chi connectivity index (χ1n) is 7.18. The van der Waals surface area contributed by atoms with E-state index in [4.69, 9.17) is 4.42 Å². The maximum Gasteiger partial charge on any atom is 0.256 e. The molecule has 1 amide bonds. The van der Waals surface area contributed by atoms with E-state index in [9.17, 15) is 4.79 Å². The Hall–Kier alpha value is -2.40. The molecule has 0 aliphatic rings. The molecule has 2 aromatic heterocycles. The lowest BCUT2D eigenvalue weighted by molar-refractivity contribution is 0.0717. The SMILES string of the molecule is O=C(c1cncc(Br)c1)N(Cc1ccccc1)Cc1ccco1. The van der Waals surface area contributed by atoms with Crippen LogP contribution in [-0.4, -0.2) is 15.8 Å². The molecule has 3 rings (SSSR count). The van der Waals surface area contributed by atoms with Gasteiger partial charge in [0.1, 0.15) is 5.76 Å². The molecule has 0 fully saturated rings. The van der Waals surface area contributed by atoms with Gasteiger partial charge in [0.2, 0.25) is 0 Å². The Morgan fingerprint density at radius 3 is 2.61 bits per heavy atom. The van der Waals surface area contributed by atoms with Gasteiger partial charge in [-0.25, -0.2) is 0 Å². The number of benzene rings is 1. The molecule has 0 unspecified atom stereocenters. The van der Waals surface area contributed by atoms with Crippen LogP contribution in [0.15, 0.2) is 76.1 Å². The smallest absolute Gasteiger partial charge is 0.256 e. The molecule has 2 heterocycles. The van der Waals surface area contributed by atoms with Gasteiger partial charge in [0, 0.05) is 23.4 Å². The zero-order valence-corrected chi connectivity index (χ0v) is 13.9. The monoisotopic (exact) mass is 370 g/mol. The molecule has 116 valence electrons. The van der Waals surface area contributed by atoms with Crippen LogP contribution in [0.4, 0.5) is 0 Å². The highest BCUT2D eigenvalue weighted by Crippen LogP contribution is 2.16. The Bertz CT molecular complexity index is 773. The highest BCUT2D eigenvalue weighted by atomic mass is 79.9. The Morgan fingerprint density at radius 2 is 1.91 bits per heavy atom. The number of halogens is 1. The lowest BCUT2D eigenvalue weighted by atomic mass is 10.2. The van der Waals surface area contributed by atoms with E-state index in [1.54, 1.807) is 29.6 Å². The van der Waals surface area contributed by atoms with Gasteiger partial charge in [-0.3, -0.25) is 9.78 Å². The van der Waals surface area contributed by atoms with Crippen LogP contribution in [0.5, 0.6) is 0 Å². The summed E-state index contributed by atoms with van der Waals surface area (Å²) in [6.45, 7) is 0.917. The molecule has 0 radical (unpaired) electrons. The molecule has 0 bridgehead atoms. The summed E-state index contributed by atoms with van der Waals surface area (Å²) < 4.78 is 6.17. The van der Waals surface area contributed by atoms with Gasteiger partial charge in [0.25, 0.3) is 5.91 Å². The average molecular weight is 371 g/mol. The Labute approximate surface area is 142 Å². The number of hydrogen-bond donors (Lipinski definition) is 0. The molecule has 3 aromatic rings. The molecule has 0 atom stereocenters. The van der Waals surface area contributed by atoms with Crippen molar-refractivity contribution in [2.24, 2.45) is 0 Å². The second-order valence-electron chi connectivity index (χ2n) is 5.12. The number of aromatic nitrogens is 1. The number of furan rings is 1. The summed E-state index contributed by atoms with van der Waals surface area (Å²) in [6, 6.07) is 15.3. The molecule has 0 saturated heterocycles. The minimum atomic E-state index is -0.0842. The average Bonchev–Trinajstić information content (AvgIpc) is 3.08. The minimum Gasteiger partial charge on any atom is -0.467 e. The van der Waals surface area contributed by atoms with Crippen molar-refractivity contribution < 1.29 is 9.21 Å². The van der Waals surface area contributed by atoms with Gasteiger partial charge in [0.15, 0.2) is 0 Å². The summed E-state index contributed by atoms with van der Waals surface area (Å²) in [5.41, 5.74) is 1.61. The van der Waals surface area contributed by atoms with Gasteiger partial charge in [-0.15, -0.1) is 0 Å². The number of nitrogens with zero attached hydrogens (tertiary/aromatic N) is 2. The standard InChI is InChI=1S/C18H15BrN2O2/c19-16-9-15(10-20-11-16)18(22)21(13-17-7-4-8-23-17)12-14-5-2-1-3-6-14/h1-11H,12-13H2. The number of hydrogen-bond acceptors (Lipinski definition) is 3. The van der Waals surface area contributed by atoms with Crippen LogP contribution in [0.25, 0.3) is 0 Å². The van der Waals surface area contributed by atoms with Crippen molar-refractivity contribution >= 4 is 21.8 Å². The molecule has 4 nitrogen and oxygen atoms in total. The third-order valence-corrected chi connectivity index (χ3v) is 3.82. The van der Waals surface area contributed by atoms with E-state index in [1.165, 1.54) is 0 Å². The molecule has 0 saturated carbocycles. The third-order valence-electron chi connectivity index (χ3n) is 3.38. The van der Waals surface area contributed by atoms with Gasteiger partial charge in [-0.2, -0.15) is 0 Å². The summed E-state index contributed by atoms with van der Waals surface area (Å²) in [6.07, 6.45) is 4.85. The first-order chi connectivity index (χ1) is 11.2. The van der Waals surface area contributed by atoms with Crippen LogP contribution in [0.2, 0.25) is 0 Å². The van der Waals surface area contributed by atoms with E-state index in [1.807, 2.05) is 42.5 Å². The van der Waals surface area contributed by atoms with Crippen LogP contribution in [0.3, 0.4) is 0 Å². The molecule has 0 N–H and O–H groups in total. The number of rotatable bonds is 5. The lowest BCUT2D eigenvalue weighted by Gasteiger charge is -2.22. The minimum absolute atomic E-state index is 0.0842. The van der Waals surface area contributed by atoms with Crippen molar-refractivity contribution in [3.8, 4) is 0 Å². The fraction of sp³-hybridized carbons (Fsp3) is 0.111. The predicted molar refractivity (Wildman–Crippen MR) is 90.7 cm³/mol. The van der Waals surface area contributed by atoms with Crippen molar-refractivity contribution in [2.75, 3.05) is 0 Å². The maximum absolute atomic E-state index is 12.9.